The van der Waals surface area contributed by atoms with Gasteiger partial charge in [-0.15, -0.1) is 0 Å². The predicted octanol–water partition coefficient (Wildman–Crippen LogP) is 2.92. The fourth-order valence-corrected chi connectivity index (χ4v) is 1.83. The van der Waals surface area contributed by atoms with E-state index in [1.807, 2.05) is 11.4 Å². The van der Waals surface area contributed by atoms with Crippen LogP contribution in [0, 0.1) is 0 Å². The molecule has 0 aliphatic carbocycles. The summed E-state index contributed by atoms with van der Waals surface area (Å²) in [6.07, 6.45) is -3.45. The molecule has 2 amide bonds. The van der Waals surface area contributed by atoms with Crippen LogP contribution in [0.25, 0.3) is 0 Å². The lowest BCUT2D eigenvalue weighted by Crippen LogP contribution is -2.49. The molecule has 1 atom stereocenters. The second kappa shape index (κ2) is 8.63. The zero-order valence-corrected chi connectivity index (χ0v) is 12.4. The van der Waals surface area contributed by atoms with Crippen LogP contribution in [-0.4, -0.2) is 41.4 Å². The van der Waals surface area contributed by atoms with Gasteiger partial charge >= 0.3 is 12.2 Å². The highest BCUT2D eigenvalue weighted by atomic mass is 19.4. The van der Waals surface area contributed by atoms with Gasteiger partial charge in [0.05, 0.1) is 0 Å². The minimum atomic E-state index is -4.47. The number of aliphatic hydroxyl groups is 1. The first kappa shape index (κ1) is 18.3. The lowest BCUT2D eigenvalue weighted by Gasteiger charge is -2.26. The van der Waals surface area contributed by atoms with Gasteiger partial charge in [0, 0.05) is 19.7 Å². The van der Waals surface area contributed by atoms with E-state index in [1.54, 1.807) is 24.3 Å². The summed E-state index contributed by atoms with van der Waals surface area (Å²) in [5.41, 5.74) is 0.835. The third kappa shape index (κ3) is 6.34. The number of aliphatic hydroxyl groups excluding tert-OH is 1. The molecule has 0 bridgehead atoms. The topological polar surface area (TPSA) is 52.6 Å². The van der Waals surface area contributed by atoms with Crippen LogP contribution in [0.1, 0.15) is 25.3 Å². The van der Waals surface area contributed by atoms with E-state index in [0.717, 1.165) is 12.5 Å². The number of nitrogens with one attached hydrogen (secondary N) is 1. The molecular formula is C15H21F3N2O2. The number of carbonyl (C=O) groups is 1. The number of hydrogen-bond acceptors (Lipinski definition) is 2. The van der Waals surface area contributed by atoms with E-state index in [-0.39, 0.29) is 19.7 Å². The van der Waals surface area contributed by atoms with Crippen molar-refractivity contribution in [2.45, 2.75) is 38.5 Å². The number of hydrogen-bond donors (Lipinski definition) is 2. The normalized spacial score (nSPS) is 12.8. The van der Waals surface area contributed by atoms with Crippen molar-refractivity contribution in [3.63, 3.8) is 0 Å². The number of urea groups is 1. The van der Waals surface area contributed by atoms with E-state index < -0.39 is 18.2 Å². The number of alkyl halides is 3. The minimum Gasteiger partial charge on any atom is -0.396 e. The van der Waals surface area contributed by atoms with Crippen molar-refractivity contribution >= 4 is 6.03 Å². The Hall–Kier alpha value is -1.76. The molecule has 1 aromatic rings. The van der Waals surface area contributed by atoms with E-state index in [2.05, 4.69) is 0 Å². The molecule has 0 aliphatic heterocycles. The molecule has 0 spiro atoms. The number of halogens is 3. The summed E-state index contributed by atoms with van der Waals surface area (Å²) in [5, 5.41) is 10.8. The second-order valence-corrected chi connectivity index (χ2v) is 5.05. The zero-order valence-electron chi connectivity index (χ0n) is 12.4. The highest BCUT2D eigenvalue weighted by Crippen LogP contribution is 2.20. The maximum atomic E-state index is 12.5. The van der Waals surface area contributed by atoms with Crippen molar-refractivity contribution in [2.75, 3.05) is 13.2 Å². The minimum absolute atomic E-state index is 0.0141. The molecule has 0 aliphatic rings. The fourth-order valence-electron chi connectivity index (χ4n) is 1.83. The summed E-state index contributed by atoms with van der Waals surface area (Å²) in [4.78, 5) is 13.4. The molecule has 4 nitrogen and oxygen atoms in total. The van der Waals surface area contributed by atoms with Crippen molar-refractivity contribution in [1.82, 2.24) is 10.2 Å². The Balaban J connectivity index is 2.69. The number of amides is 2. The van der Waals surface area contributed by atoms with Crippen LogP contribution in [0.4, 0.5) is 18.0 Å². The summed E-state index contributed by atoms with van der Waals surface area (Å²) < 4.78 is 37.6. The molecular weight excluding hydrogens is 297 g/mol. The Morgan fingerprint density at radius 3 is 2.45 bits per heavy atom. The van der Waals surface area contributed by atoms with E-state index in [0.29, 0.717) is 12.8 Å². The first-order chi connectivity index (χ1) is 10.3. The third-order valence-electron chi connectivity index (χ3n) is 3.17. The number of nitrogens with zero attached hydrogens (tertiary/aromatic N) is 1. The van der Waals surface area contributed by atoms with Gasteiger partial charge in [-0.25, -0.2) is 4.79 Å². The van der Waals surface area contributed by atoms with Crippen molar-refractivity contribution in [1.29, 1.82) is 0 Å². The van der Waals surface area contributed by atoms with Crippen LogP contribution in [0.2, 0.25) is 0 Å². The van der Waals surface area contributed by atoms with Crippen LogP contribution in [0.3, 0.4) is 0 Å². The monoisotopic (exact) mass is 318 g/mol. The molecule has 0 aromatic heterocycles. The standard InChI is InChI=1S/C15H21F3N2O2/c1-12(15(16,17)18)19-14(22)20(9-5-6-10-21)11-13-7-3-2-4-8-13/h2-4,7-8,12,21H,5-6,9-11H2,1H3,(H,19,22). The van der Waals surface area contributed by atoms with Gasteiger partial charge in [0.1, 0.15) is 6.04 Å². The Bertz CT molecular complexity index is 452. The van der Waals surface area contributed by atoms with Gasteiger partial charge in [0.2, 0.25) is 0 Å². The van der Waals surface area contributed by atoms with Crippen molar-refractivity contribution in [2.24, 2.45) is 0 Å². The van der Waals surface area contributed by atoms with Gasteiger partial charge in [0.15, 0.2) is 0 Å². The molecule has 7 heteroatoms. The first-order valence-electron chi connectivity index (χ1n) is 7.11. The summed E-state index contributed by atoms with van der Waals surface area (Å²) in [6, 6.07) is 6.38. The molecule has 1 rings (SSSR count). The zero-order chi connectivity index (χ0) is 16.6. The van der Waals surface area contributed by atoms with E-state index in [4.69, 9.17) is 5.11 Å². The molecule has 0 saturated carbocycles. The Kier molecular flexibility index (Phi) is 7.17. The summed E-state index contributed by atoms with van der Waals surface area (Å²) >= 11 is 0. The SMILES string of the molecule is CC(NC(=O)N(CCCCO)Cc1ccccc1)C(F)(F)F. The van der Waals surface area contributed by atoms with Crippen LogP contribution in [-0.2, 0) is 6.54 Å². The molecule has 2 N–H and O–H groups in total. The maximum Gasteiger partial charge on any atom is 0.408 e. The Labute approximate surface area is 127 Å². The van der Waals surface area contributed by atoms with Gasteiger partial charge in [-0.2, -0.15) is 13.2 Å². The number of unbranched alkanes of at least 4 members (excludes halogenated alkanes) is 1. The first-order valence-corrected chi connectivity index (χ1v) is 7.11. The highest BCUT2D eigenvalue weighted by Gasteiger charge is 2.37. The van der Waals surface area contributed by atoms with Gasteiger partial charge in [-0.05, 0) is 25.3 Å². The van der Waals surface area contributed by atoms with Gasteiger partial charge < -0.3 is 15.3 Å². The fraction of sp³-hybridized carbons (Fsp3) is 0.533. The lowest BCUT2D eigenvalue weighted by atomic mass is 10.2. The Morgan fingerprint density at radius 2 is 1.91 bits per heavy atom. The van der Waals surface area contributed by atoms with E-state index in [1.165, 1.54) is 4.90 Å². The quantitative estimate of drug-likeness (QED) is 0.760. The van der Waals surface area contributed by atoms with Gasteiger partial charge in [-0.1, -0.05) is 30.3 Å². The van der Waals surface area contributed by atoms with Crippen LogP contribution in [0.5, 0.6) is 0 Å². The molecule has 124 valence electrons. The molecule has 1 aromatic carbocycles. The molecule has 0 saturated heterocycles. The van der Waals surface area contributed by atoms with Gasteiger partial charge in [0.25, 0.3) is 0 Å². The molecule has 0 heterocycles. The second-order valence-electron chi connectivity index (χ2n) is 5.05. The van der Waals surface area contributed by atoms with Crippen LogP contribution >= 0.6 is 0 Å². The lowest BCUT2D eigenvalue weighted by molar-refractivity contribution is -0.149. The average Bonchev–Trinajstić information content (AvgIpc) is 2.46. The number of rotatable bonds is 7. The van der Waals surface area contributed by atoms with Crippen molar-refractivity contribution in [3.8, 4) is 0 Å². The largest absolute Gasteiger partial charge is 0.408 e. The third-order valence-corrected chi connectivity index (χ3v) is 3.17. The number of benzene rings is 1. The van der Waals surface area contributed by atoms with Crippen LogP contribution in [0.15, 0.2) is 30.3 Å². The van der Waals surface area contributed by atoms with Crippen molar-refractivity contribution < 1.29 is 23.1 Å². The molecule has 0 radical (unpaired) electrons. The number of carbonyl (C=O) groups excluding carboxylic acids is 1. The smallest absolute Gasteiger partial charge is 0.396 e. The summed E-state index contributed by atoms with van der Waals surface area (Å²) in [5.74, 6) is 0. The predicted molar refractivity (Wildman–Crippen MR) is 77.2 cm³/mol. The average molecular weight is 318 g/mol. The van der Waals surface area contributed by atoms with E-state index >= 15 is 0 Å². The van der Waals surface area contributed by atoms with E-state index in [9.17, 15) is 18.0 Å². The summed E-state index contributed by atoms with van der Waals surface area (Å²) in [6.45, 7) is 1.40. The molecule has 22 heavy (non-hydrogen) atoms. The maximum absolute atomic E-state index is 12.5. The highest BCUT2D eigenvalue weighted by molar-refractivity contribution is 5.74. The van der Waals surface area contributed by atoms with Crippen molar-refractivity contribution in [3.05, 3.63) is 35.9 Å². The van der Waals surface area contributed by atoms with Crippen LogP contribution < -0.4 is 5.32 Å². The van der Waals surface area contributed by atoms with Gasteiger partial charge in [-0.3, -0.25) is 0 Å². The molecule has 0 fully saturated rings. The Morgan fingerprint density at radius 1 is 1.27 bits per heavy atom. The summed E-state index contributed by atoms with van der Waals surface area (Å²) in [7, 11) is 0. The molecule has 1 unspecified atom stereocenters.